The molecule has 0 amide bonds. The molecular formula is C16H23NO. The number of terminal acetylenes is 1. The molecule has 0 saturated heterocycles. The van der Waals surface area contributed by atoms with Crippen molar-refractivity contribution < 1.29 is 4.74 Å². The average Bonchev–Trinajstić information content (AvgIpc) is 2.37. The minimum atomic E-state index is 0.300. The van der Waals surface area contributed by atoms with Crippen LogP contribution in [0.2, 0.25) is 0 Å². The number of rotatable bonds is 7. The van der Waals surface area contributed by atoms with Gasteiger partial charge in [-0.25, -0.2) is 0 Å². The summed E-state index contributed by atoms with van der Waals surface area (Å²) < 4.78 is 5.56. The van der Waals surface area contributed by atoms with Crippen LogP contribution in [0.5, 0.6) is 5.75 Å². The first kappa shape index (κ1) is 14.6. The van der Waals surface area contributed by atoms with E-state index in [1.54, 1.807) is 0 Å². The summed E-state index contributed by atoms with van der Waals surface area (Å²) in [5, 5.41) is 3.48. The highest BCUT2D eigenvalue weighted by molar-refractivity contribution is 5.29. The van der Waals surface area contributed by atoms with Crippen molar-refractivity contribution in [2.75, 3.05) is 6.61 Å². The van der Waals surface area contributed by atoms with Gasteiger partial charge in [-0.3, -0.25) is 0 Å². The Morgan fingerprint density at radius 1 is 1.28 bits per heavy atom. The molecular weight excluding hydrogens is 222 g/mol. The molecule has 0 spiro atoms. The van der Waals surface area contributed by atoms with E-state index in [4.69, 9.17) is 11.2 Å². The van der Waals surface area contributed by atoms with Crippen LogP contribution in [0.25, 0.3) is 0 Å². The van der Waals surface area contributed by atoms with E-state index < -0.39 is 0 Å². The van der Waals surface area contributed by atoms with Crippen LogP contribution in [0.15, 0.2) is 24.3 Å². The molecule has 2 nitrogen and oxygen atoms in total. The number of benzene rings is 1. The van der Waals surface area contributed by atoms with E-state index in [2.05, 4.69) is 44.1 Å². The van der Waals surface area contributed by atoms with Gasteiger partial charge in [0.05, 0.1) is 6.61 Å². The Labute approximate surface area is 111 Å². The molecule has 1 aromatic carbocycles. The first-order valence-corrected chi connectivity index (χ1v) is 6.59. The summed E-state index contributed by atoms with van der Waals surface area (Å²) in [6.07, 6.45) is 7.09. The zero-order chi connectivity index (χ0) is 13.4. The normalized spacial score (nSPS) is 13.7. The van der Waals surface area contributed by atoms with Crippen molar-refractivity contribution in [3.05, 3.63) is 29.8 Å². The quantitative estimate of drug-likeness (QED) is 0.742. The Hall–Kier alpha value is -1.46. The Morgan fingerprint density at radius 2 is 1.94 bits per heavy atom. The lowest BCUT2D eigenvalue weighted by Crippen LogP contribution is -2.28. The SMILES string of the molecule is C#CCC(C)NC(C)c1ccc(OCCC)cc1. The lowest BCUT2D eigenvalue weighted by molar-refractivity contribution is 0.317. The summed E-state index contributed by atoms with van der Waals surface area (Å²) in [7, 11) is 0. The van der Waals surface area contributed by atoms with Gasteiger partial charge in [-0.15, -0.1) is 12.3 Å². The molecule has 0 saturated carbocycles. The van der Waals surface area contributed by atoms with Crippen molar-refractivity contribution in [1.29, 1.82) is 0 Å². The fourth-order valence-electron chi connectivity index (χ4n) is 1.83. The predicted octanol–water partition coefficient (Wildman–Crippen LogP) is 3.54. The second-order valence-corrected chi connectivity index (χ2v) is 4.62. The molecule has 1 aromatic rings. The van der Waals surface area contributed by atoms with Gasteiger partial charge in [-0.05, 0) is 38.0 Å². The van der Waals surface area contributed by atoms with E-state index in [1.807, 2.05) is 12.1 Å². The third-order valence-corrected chi connectivity index (χ3v) is 2.81. The second-order valence-electron chi connectivity index (χ2n) is 4.62. The van der Waals surface area contributed by atoms with Crippen molar-refractivity contribution in [2.24, 2.45) is 0 Å². The topological polar surface area (TPSA) is 21.3 Å². The Kier molecular flexibility index (Phi) is 6.32. The maximum atomic E-state index is 5.56. The fraction of sp³-hybridized carbons (Fsp3) is 0.500. The average molecular weight is 245 g/mol. The summed E-state index contributed by atoms with van der Waals surface area (Å²) >= 11 is 0. The molecule has 0 heterocycles. The van der Waals surface area contributed by atoms with E-state index >= 15 is 0 Å². The van der Waals surface area contributed by atoms with Crippen molar-refractivity contribution in [2.45, 2.75) is 45.7 Å². The molecule has 98 valence electrons. The first-order chi connectivity index (χ1) is 8.67. The molecule has 18 heavy (non-hydrogen) atoms. The molecule has 0 bridgehead atoms. The van der Waals surface area contributed by atoms with Gasteiger partial charge < -0.3 is 10.1 Å². The predicted molar refractivity (Wildman–Crippen MR) is 76.7 cm³/mol. The Balaban J connectivity index is 2.53. The molecule has 2 unspecified atom stereocenters. The largest absolute Gasteiger partial charge is 0.494 e. The summed E-state index contributed by atoms with van der Waals surface area (Å²) in [4.78, 5) is 0. The molecule has 0 fully saturated rings. The molecule has 1 N–H and O–H groups in total. The van der Waals surface area contributed by atoms with Crippen molar-refractivity contribution in [1.82, 2.24) is 5.32 Å². The molecule has 0 aliphatic heterocycles. The minimum Gasteiger partial charge on any atom is -0.494 e. The van der Waals surface area contributed by atoms with Gasteiger partial charge in [-0.1, -0.05) is 19.1 Å². The highest BCUT2D eigenvalue weighted by atomic mass is 16.5. The van der Waals surface area contributed by atoms with Crippen molar-refractivity contribution >= 4 is 0 Å². The van der Waals surface area contributed by atoms with Crippen LogP contribution in [0, 0.1) is 12.3 Å². The van der Waals surface area contributed by atoms with Gasteiger partial charge >= 0.3 is 0 Å². The van der Waals surface area contributed by atoms with Gasteiger partial charge in [0.25, 0.3) is 0 Å². The molecule has 1 rings (SSSR count). The van der Waals surface area contributed by atoms with E-state index in [0.29, 0.717) is 12.1 Å². The number of hydrogen-bond acceptors (Lipinski definition) is 2. The lowest BCUT2D eigenvalue weighted by atomic mass is 10.1. The summed E-state index contributed by atoms with van der Waals surface area (Å²) in [6.45, 7) is 7.13. The molecule has 2 atom stereocenters. The van der Waals surface area contributed by atoms with Crippen molar-refractivity contribution in [3.8, 4) is 18.1 Å². The molecule has 0 radical (unpaired) electrons. The van der Waals surface area contributed by atoms with E-state index in [1.165, 1.54) is 5.56 Å². The van der Waals surface area contributed by atoms with Gasteiger partial charge in [0, 0.05) is 18.5 Å². The third kappa shape index (κ3) is 4.81. The van der Waals surface area contributed by atoms with E-state index in [-0.39, 0.29) is 0 Å². The summed E-state index contributed by atoms with van der Waals surface area (Å²) in [6, 6.07) is 8.88. The maximum absolute atomic E-state index is 5.56. The lowest BCUT2D eigenvalue weighted by Gasteiger charge is -2.19. The maximum Gasteiger partial charge on any atom is 0.119 e. The number of hydrogen-bond donors (Lipinski definition) is 1. The molecule has 0 aliphatic rings. The van der Waals surface area contributed by atoms with Gasteiger partial charge in [-0.2, -0.15) is 0 Å². The van der Waals surface area contributed by atoms with Crippen LogP contribution in [0.1, 0.15) is 45.2 Å². The monoisotopic (exact) mass is 245 g/mol. The van der Waals surface area contributed by atoms with Crippen LogP contribution >= 0.6 is 0 Å². The zero-order valence-corrected chi connectivity index (χ0v) is 11.6. The third-order valence-electron chi connectivity index (χ3n) is 2.81. The minimum absolute atomic E-state index is 0.300. The van der Waals surface area contributed by atoms with Gasteiger partial charge in [0.2, 0.25) is 0 Å². The standard InChI is InChI=1S/C16H23NO/c1-5-7-13(3)17-14(4)15-8-10-16(11-9-15)18-12-6-2/h1,8-11,13-14,17H,6-7,12H2,2-4H3. The smallest absolute Gasteiger partial charge is 0.119 e. The summed E-state index contributed by atoms with van der Waals surface area (Å²) in [5.74, 6) is 3.61. The van der Waals surface area contributed by atoms with E-state index in [9.17, 15) is 0 Å². The van der Waals surface area contributed by atoms with Crippen LogP contribution in [-0.2, 0) is 0 Å². The fourth-order valence-corrected chi connectivity index (χ4v) is 1.83. The van der Waals surface area contributed by atoms with Gasteiger partial charge in [0.15, 0.2) is 0 Å². The van der Waals surface area contributed by atoms with Crippen molar-refractivity contribution in [3.63, 3.8) is 0 Å². The van der Waals surface area contributed by atoms with Gasteiger partial charge in [0.1, 0.15) is 5.75 Å². The number of nitrogens with one attached hydrogen (secondary N) is 1. The molecule has 0 aromatic heterocycles. The highest BCUT2D eigenvalue weighted by Crippen LogP contribution is 2.18. The number of ether oxygens (including phenoxy) is 1. The Morgan fingerprint density at radius 3 is 2.50 bits per heavy atom. The van der Waals surface area contributed by atoms with Crippen LogP contribution in [-0.4, -0.2) is 12.6 Å². The second kappa shape index (κ2) is 7.79. The van der Waals surface area contributed by atoms with Crippen LogP contribution < -0.4 is 10.1 Å². The van der Waals surface area contributed by atoms with E-state index in [0.717, 1.165) is 25.2 Å². The molecule has 2 heteroatoms. The van der Waals surface area contributed by atoms with Crippen LogP contribution in [0.4, 0.5) is 0 Å². The molecule has 0 aliphatic carbocycles. The zero-order valence-electron chi connectivity index (χ0n) is 11.6. The van der Waals surface area contributed by atoms with Crippen LogP contribution in [0.3, 0.4) is 0 Å². The highest BCUT2D eigenvalue weighted by Gasteiger charge is 2.08. The Bertz CT molecular complexity index is 377. The summed E-state index contributed by atoms with van der Waals surface area (Å²) in [5.41, 5.74) is 1.25. The first-order valence-electron chi connectivity index (χ1n) is 6.59.